The van der Waals surface area contributed by atoms with Crippen molar-refractivity contribution < 1.29 is 13.5 Å². The molecule has 3 nitrogen and oxygen atoms in total. The molecule has 0 saturated carbocycles. The fraction of sp³-hybridized carbons (Fsp3) is 0.364. The van der Waals surface area contributed by atoms with Gasteiger partial charge < -0.3 is 4.74 Å². The van der Waals surface area contributed by atoms with E-state index in [-0.39, 0.29) is 5.90 Å². The molecule has 0 aliphatic carbocycles. The molecule has 16 heavy (non-hydrogen) atoms. The Hall–Kier alpha value is -1.49. The molecule has 1 heterocycles. The van der Waals surface area contributed by atoms with Crippen molar-refractivity contribution in [2.75, 3.05) is 14.1 Å². The Balaban J connectivity index is 2.30. The van der Waals surface area contributed by atoms with Gasteiger partial charge in [-0.15, -0.1) is 0 Å². The summed E-state index contributed by atoms with van der Waals surface area (Å²) in [4.78, 5) is 5.21. The number of hydrogen-bond acceptors (Lipinski definition) is 3. The van der Waals surface area contributed by atoms with Gasteiger partial charge in [-0.2, -0.15) is 8.78 Å². The highest BCUT2D eigenvalue weighted by Gasteiger charge is 2.50. The topological polar surface area (TPSA) is 24.8 Å². The Morgan fingerprint density at radius 3 is 2.38 bits per heavy atom. The van der Waals surface area contributed by atoms with Gasteiger partial charge in [0.05, 0.1) is 0 Å². The van der Waals surface area contributed by atoms with Gasteiger partial charge in [0.25, 0.3) is 0 Å². The Labute approximate surface area is 92.4 Å². The molecule has 5 heteroatoms. The predicted molar refractivity (Wildman–Crippen MR) is 56.5 cm³/mol. The minimum absolute atomic E-state index is 0.00991. The van der Waals surface area contributed by atoms with Gasteiger partial charge >= 0.3 is 6.11 Å². The molecule has 0 aromatic heterocycles. The van der Waals surface area contributed by atoms with Crippen LogP contribution in [0.15, 0.2) is 35.3 Å². The van der Waals surface area contributed by atoms with E-state index < -0.39 is 12.3 Å². The first-order valence-corrected chi connectivity index (χ1v) is 4.87. The normalized spacial score (nSPS) is 23.1. The molecule has 1 aromatic carbocycles. The van der Waals surface area contributed by atoms with Crippen molar-refractivity contribution in [3.63, 3.8) is 0 Å². The molecular formula is C11H12F2N2O. The maximum Gasteiger partial charge on any atom is 0.436 e. The fourth-order valence-electron chi connectivity index (χ4n) is 1.52. The highest BCUT2D eigenvalue weighted by Crippen LogP contribution is 2.32. The van der Waals surface area contributed by atoms with E-state index >= 15 is 0 Å². The van der Waals surface area contributed by atoms with Crippen LogP contribution in [-0.4, -0.2) is 37.2 Å². The number of hydrogen-bond donors (Lipinski definition) is 0. The third-order valence-electron chi connectivity index (χ3n) is 2.28. The van der Waals surface area contributed by atoms with E-state index in [9.17, 15) is 8.78 Å². The van der Waals surface area contributed by atoms with E-state index in [1.54, 1.807) is 44.4 Å². The second kappa shape index (κ2) is 3.83. The highest BCUT2D eigenvalue weighted by atomic mass is 19.3. The quantitative estimate of drug-likeness (QED) is 0.769. The first-order valence-electron chi connectivity index (χ1n) is 4.87. The SMILES string of the molecule is CN(C)C1N=C(c2ccccc2)OC1(F)F. The number of aliphatic imine (C=N–C) groups is 1. The summed E-state index contributed by atoms with van der Waals surface area (Å²) in [5.41, 5.74) is 0.562. The van der Waals surface area contributed by atoms with E-state index in [2.05, 4.69) is 9.73 Å². The molecular weight excluding hydrogens is 214 g/mol. The first kappa shape index (κ1) is 11.0. The van der Waals surface area contributed by atoms with Crippen molar-refractivity contribution in [3.05, 3.63) is 35.9 Å². The number of halogens is 2. The largest absolute Gasteiger partial charge is 0.436 e. The summed E-state index contributed by atoms with van der Waals surface area (Å²) in [6.07, 6.45) is -4.53. The van der Waals surface area contributed by atoms with Crippen LogP contribution in [0.4, 0.5) is 8.78 Å². The Kier molecular flexibility index (Phi) is 2.63. The molecule has 0 radical (unpaired) electrons. The summed E-state index contributed by atoms with van der Waals surface area (Å²) < 4.78 is 31.4. The Morgan fingerprint density at radius 1 is 1.25 bits per heavy atom. The van der Waals surface area contributed by atoms with Gasteiger partial charge in [0, 0.05) is 5.56 Å². The zero-order chi connectivity index (χ0) is 11.8. The van der Waals surface area contributed by atoms with Crippen molar-refractivity contribution in [3.8, 4) is 0 Å². The standard InChI is InChI=1S/C11H12F2N2O/c1-15(2)10-11(12,13)16-9(14-10)8-6-4-3-5-7-8/h3-7,10H,1-2H3. The number of alkyl halides is 2. The summed E-state index contributed by atoms with van der Waals surface area (Å²) in [6, 6.07) is 8.69. The number of nitrogens with zero attached hydrogens (tertiary/aromatic N) is 2. The lowest BCUT2D eigenvalue weighted by Gasteiger charge is -2.21. The molecule has 1 aromatic rings. The van der Waals surface area contributed by atoms with Gasteiger partial charge in [0.15, 0.2) is 0 Å². The van der Waals surface area contributed by atoms with Crippen molar-refractivity contribution in [1.29, 1.82) is 0 Å². The van der Waals surface area contributed by atoms with Gasteiger partial charge in [-0.05, 0) is 26.2 Å². The second-order valence-electron chi connectivity index (χ2n) is 3.80. The van der Waals surface area contributed by atoms with Gasteiger partial charge in [-0.1, -0.05) is 18.2 Å². The average Bonchev–Trinajstić information content (AvgIpc) is 2.56. The maximum absolute atomic E-state index is 13.4. The lowest BCUT2D eigenvalue weighted by molar-refractivity contribution is -0.207. The molecule has 1 unspecified atom stereocenters. The molecule has 2 rings (SSSR count). The Morgan fingerprint density at radius 2 is 1.88 bits per heavy atom. The van der Waals surface area contributed by atoms with Crippen molar-refractivity contribution in [2.24, 2.45) is 4.99 Å². The number of rotatable bonds is 2. The molecule has 0 N–H and O–H groups in total. The van der Waals surface area contributed by atoms with Crippen LogP contribution in [0.3, 0.4) is 0 Å². The van der Waals surface area contributed by atoms with Crippen molar-refractivity contribution >= 4 is 5.90 Å². The second-order valence-corrected chi connectivity index (χ2v) is 3.80. The minimum Gasteiger partial charge on any atom is -0.412 e. The minimum atomic E-state index is -3.27. The number of benzene rings is 1. The van der Waals surface area contributed by atoms with Crippen LogP contribution in [0.1, 0.15) is 5.56 Å². The summed E-state index contributed by atoms with van der Waals surface area (Å²) in [7, 11) is 3.08. The monoisotopic (exact) mass is 226 g/mol. The van der Waals surface area contributed by atoms with E-state index in [4.69, 9.17) is 0 Å². The summed E-state index contributed by atoms with van der Waals surface area (Å²) >= 11 is 0. The third kappa shape index (κ3) is 1.90. The maximum atomic E-state index is 13.4. The molecule has 1 atom stereocenters. The molecule has 0 amide bonds. The number of likely N-dealkylation sites (N-methyl/N-ethyl adjacent to an activating group) is 1. The summed E-state index contributed by atoms with van der Waals surface area (Å²) in [6.45, 7) is 0. The molecule has 0 bridgehead atoms. The zero-order valence-electron chi connectivity index (χ0n) is 9.02. The molecule has 86 valence electrons. The lowest BCUT2D eigenvalue weighted by atomic mass is 10.2. The van der Waals surface area contributed by atoms with Crippen LogP contribution >= 0.6 is 0 Å². The van der Waals surface area contributed by atoms with Crippen LogP contribution in [0.25, 0.3) is 0 Å². The van der Waals surface area contributed by atoms with Crippen LogP contribution < -0.4 is 0 Å². The molecule has 1 aliphatic rings. The van der Waals surface area contributed by atoms with E-state index in [1.165, 1.54) is 4.90 Å². The summed E-state index contributed by atoms with van der Waals surface area (Å²) in [5, 5.41) is 0. The van der Waals surface area contributed by atoms with Crippen molar-refractivity contribution in [1.82, 2.24) is 4.90 Å². The van der Waals surface area contributed by atoms with Crippen molar-refractivity contribution in [2.45, 2.75) is 12.3 Å². The van der Waals surface area contributed by atoms with Gasteiger partial charge in [-0.25, -0.2) is 4.99 Å². The van der Waals surface area contributed by atoms with Crippen LogP contribution in [0, 0.1) is 0 Å². The van der Waals surface area contributed by atoms with E-state index in [0.717, 1.165) is 0 Å². The van der Waals surface area contributed by atoms with E-state index in [0.29, 0.717) is 5.56 Å². The molecule has 1 aliphatic heterocycles. The number of ether oxygens (including phenoxy) is 1. The smallest absolute Gasteiger partial charge is 0.412 e. The zero-order valence-corrected chi connectivity index (χ0v) is 9.02. The van der Waals surface area contributed by atoms with Gasteiger partial charge in [-0.3, -0.25) is 4.90 Å². The molecule has 0 spiro atoms. The fourth-order valence-corrected chi connectivity index (χ4v) is 1.52. The highest BCUT2D eigenvalue weighted by molar-refractivity contribution is 5.95. The average molecular weight is 226 g/mol. The van der Waals surface area contributed by atoms with Crippen LogP contribution in [0.2, 0.25) is 0 Å². The third-order valence-corrected chi connectivity index (χ3v) is 2.28. The van der Waals surface area contributed by atoms with Gasteiger partial charge in [0.2, 0.25) is 12.1 Å². The Bertz CT molecular complexity index is 404. The lowest BCUT2D eigenvalue weighted by Crippen LogP contribution is -2.40. The molecule has 0 saturated heterocycles. The van der Waals surface area contributed by atoms with E-state index in [1.807, 2.05) is 0 Å². The first-order chi connectivity index (χ1) is 7.50. The predicted octanol–water partition coefficient (Wildman–Crippen LogP) is 1.94. The van der Waals surface area contributed by atoms with Crippen LogP contribution in [-0.2, 0) is 4.74 Å². The van der Waals surface area contributed by atoms with Gasteiger partial charge in [0.1, 0.15) is 0 Å². The summed E-state index contributed by atoms with van der Waals surface area (Å²) in [5.74, 6) is -0.00991. The van der Waals surface area contributed by atoms with Crippen LogP contribution in [0.5, 0.6) is 0 Å². The molecule has 0 fully saturated rings.